The highest BCUT2D eigenvalue weighted by Crippen LogP contribution is 2.22. The van der Waals surface area contributed by atoms with Gasteiger partial charge in [0.15, 0.2) is 0 Å². The van der Waals surface area contributed by atoms with E-state index in [1.165, 1.54) is 30.3 Å². The van der Waals surface area contributed by atoms with Crippen molar-refractivity contribution in [3.8, 4) is 11.5 Å². The number of nitrogens with one attached hydrogen (secondary N) is 1. The van der Waals surface area contributed by atoms with Crippen molar-refractivity contribution in [2.24, 2.45) is 0 Å². The van der Waals surface area contributed by atoms with E-state index in [0.717, 1.165) is 6.39 Å². The topological polar surface area (TPSA) is 102 Å². The fourth-order valence-corrected chi connectivity index (χ4v) is 3.60. The largest absolute Gasteiger partial charge is 0.423 e. The summed E-state index contributed by atoms with van der Waals surface area (Å²) in [7, 11) is -4.08. The Labute approximate surface area is 159 Å². The van der Waals surface area contributed by atoms with E-state index in [1.807, 2.05) is 4.72 Å². The monoisotopic (exact) mass is 411 g/mol. The van der Waals surface area contributed by atoms with Gasteiger partial charge in [-0.05, 0) is 42.0 Å². The molecule has 134 valence electrons. The lowest BCUT2D eigenvalue weighted by molar-refractivity contribution is -0.118. The van der Waals surface area contributed by atoms with E-state index in [9.17, 15) is 13.2 Å². The second-order valence-electron chi connectivity index (χ2n) is 5.21. The van der Waals surface area contributed by atoms with Crippen LogP contribution in [0.15, 0.2) is 58.2 Å². The minimum absolute atomic E-state index is 0.112. The summed E-state index contributed by atoms with van der Waals surface area (Å²) in [5, 5.41) is 7.98. The Bertz CT molecular complexity index is 1050. The molecule has 0 aliphatic heterocycles. The molecule has 1 aromatic heterocycles. The quantitative estimate of drug-likeness (QED) is 0.691. The van der Waals surface area contributed by atoms with Crippen LogP contribution in [0.5, 0.6) is 0 Å². The Hall–Kier alpha value is -2.42. The first kappa shape index (κ1) is 18.4. The Kier molecular flexibility index (Phi) is 5.26. The van der Waals surface area contributed by atoms with E-state index in [4.69, 9.17) is 27.6 Å². The normalized spacial score (nSPS) is 11.3. The van der Waals surface area contributed by atoms with Crippen LogP contribution in [-0.4, -0.2) is 24.5 Å². The maximum absolute atomic E-state index is 12.4. The third-order valence-corrected chi connectivity index (χ3v) is 5.33. The molecule has 0 saturated carbocycles. The van der Waals surface area contributed by atoms with Crippen molar-refractivity contribution in [3.05, 3.63) is 64.5 Å². The standard InChI is InChI=1S/C16H11Cl2N3O4S/c17-12-4-5-14(18)11(6-12)8-15(22)21-26(23,24)13-3-1-2-10(7-13)16-20-19-9-25-16/h1-7,9H,8H2,(H,21,22). The summed E-state index contributed by atoms with van der Waals surface area (Å²) in [6, 6.07) is 10.4. The number of nitrogens with zero attached hydrogens (tertiary/aromatic N) is 2. The van der Waals surface area contributed by atoms with Gasteiger partial charge in [0, 0.05) is 15.6 Å². The molecule has 1 amide bonds. The maximum Gasteiger partial charge on any atom is 0.264 e. The van der Waals surface area contributed by atoms with E-state index >= 15 is 0 Å². The molecule has 0 bridgehead atoms. The smallest absolute Gasteiger partial charge is 0.264 e. The van der Waals surface area contributed by atoms with Gasteiger partial charge in [0.1, 0.15) is 0 Å². The molecule has 0 unspecified atom stereocenters. The molecule has 3 rings (SSSR count). The van der Waals surface area contributed by atoms with Gasteiger partial charge in [0.2, 0.25) is 18.2 Å². The summed E-state index contributed by atoms with van der Waals surface area (Å²) in [5.74, 6) is -0.573. The minimum atomic E-state index is -4.08. The van der Waals surface area contributed by atoms with Crippen LogP contribution in [0.3, 0.4) is 0 Å². The van der Waals surface area contributed by atoms with Crippen LogP contribution in [0.2, 0.25) is 10.0 Å². The predicted octanol–water partition coefficient (Wildman–Crippen LogP) is 3.09. The lowest BCUT2D eigenvalue weighted by Gasteiger charge is -2.09. The fourth-order valence-electron chi connectivity index (χ4n) is 2.19. The van der Waals surface area contributed by atoms with Crippen molar-refractivity contribution in [2.45, 2.75) is 11.3 Å². The summed E-state index contributed by atoms with van der Waals surface area (Å²) in [6.45, 7) is 0. The number of hydrogen-bond donors (Lipinski definition) is 1. The average Bonchev–Trinajstić information content (AvgIpc) is 3.12. The number of amides is 1. The van der Waals surface area contributed by atoms with Gasteiger partial charge in [-0.1, -0.05) is 29.3 Å². The Balaban J connectivity index is 1.79. The van der Waals surface area contributed by atoms with Crippen LogP contribution in [0, 0.1) is 0 Å². The average molecular weight is 412 g/mol. The van der Waals surface area contributed by atoms with Crippen molar-refractivity contribution < 1.29 is 17.6 Å². The predicted molar refractivity (Wildman–Crippen MR) is 95.2 cm³/mol. The number of sulfonamides is 1. The zero-order valence-electron chi connectivity index (χ0n) is 13.0. The zero-order chi connectivity index (χ0) is 18.7. The first-order valence-corrected chi connectivity index (χ1v) is 9.45. The second kappa shape index (κ2) is 7.45. The highest BCUT2D eigenvalue weighted by Gasteiger charge is 2.20. The van der Waals surface area contributed by atoms with Gasteiger partial charge in [0.25, 0.3) is 10.0 Å². The molecule has 0 spiro atoms. The molecule has 0 fully saturated rings. The molecule has 0 atom stereocenters. The molecule has 7 nitrogen and oxygen atoms in total. The molecular weight excluding hydrogens is 401 g/mol. The molecule has 0 saturated heterocycles. The SMILES string of the molecule is O=C(Cc1cc(Cl)ccc1Cl)NS(=O)(=O)c1cccc(-c2nnco2)c1. The van der Waals surface area contributed by atoms with Crippen LogP contribution in [0.1, 0.15) is 5.56 Å². The molecule has 1 N–H and O–H groups in total. The van der Waals surface area contributed by atoms with Crippen LogP contribution < -0.4 is 4.72 Å². The summed E-state index contributed by atoms with van der Waals surface area (Å²) in [6.07, 6.45) is 0.898. The first-order valence-electron chi connectivity index (χ1n) is 7.21. The maximum atomic E-state index is 12.4. The number of carbonyl (C=O) groups is 1. The number of rotatable bonds is 5. The number of aromatic nitrogens is 2. The zero-order valence-corrected chi connectivity index (χ0v) is 15.3. The number of benzene rings is 2. The molecule has 3 aromatic rings. The summed E-state index contributed by atoms with van der Waals surface area (Å²) < 4.78 is 31.9. The molecule has 10 heteroatoms. The van der Waals surface area contributed by atoms with Crippen molar-refractivity contribution in [3.63, 3.8) is 0 Å². The Morgan fingerprint density at radius 3 is 2.69 bits per heavy atom. The van der Waals surface area contributed by atoms with Crippen LogP contribution >= 0.6 is 23.2 Å². The molecule has 2 aromatic carbocycles. The summed E-state index contributed by atoms with van der Waals surface area (Å²) in [5.41, 5.74) is 0.835. The molecule has 0 aliphatic carbocycles. The highest BCUT2D eigenvalue weighted by molar-refractivity contribution is 7.90. The van der Waals surface area contributed by atoms with Gasteiger partial charge in [-0.3, -0.25) is 4.79 Å². The molecule has 0 radical (unpaired) electrons. The van der Waals surface area contributed by atoms with Crippen molar-refractivity contribution in [1.82, 2.24) is 14.9 Å². The van der Waals surface area contributed by atoms with E-state index in [-0.39, 0.29) is 17.2 Å². The molecule has 0 aliphatic rings. The van der Waals surface area contributed by atoms with Crippen LogP contribution in [0.4, 0.5) is 0 Å². The highest BCUT2D eigenvalue weighted by atomic mass is 35.5. The van der Waals surface area contributed by atoms with Gasteiger partial charge < -0.3 is 4.42 Å². The number of carbonyl (C=O) groups excluding carboxylic acids is 1. The second-order valence-corrected chi connectivity index (χ2v) is 7.74. The van der Waals surface area contributed by atoms with Gasteiger partial charge in [-0.2, -0.15) is 0 Å². The minimum Gasteiger partial charge on any atom is -0.423 e. The first-order chi connectivity index (χ1) is 12.3. The van der Waals surface area contributed by atoms with E-state index in [2.05, 4.69) is 10.2 Å². The van der Waals surface area contributed by atoms with E-state index in [0.29, 0.717) is 21.2 Å². The van der Waals surface area contributed by atoms with Crippen molar-refractivity contribution >= 4 is 39.1 Å². The summed E-state index contributed by atoms with van der Waals surface area (Å²) >= 11 is 11.9. The fraction of sp³-hybridized carbons (Fsp3) is 0.0625. The van der Waals surface area contributed by atoms with Crippen molar-refractivity contribution in [1.29, 1.82) is 0 Å². The lowest BCUT2D eigenvalue weighted by Crippen LogP contribution is -2.31. The van der Waals surface area contributed by atoms with E-state index < -0.39 is 15.9 Å². The molecule has 26 heavy (non-hydrogen) atoms. The third-order valence-electron chi connectivity index (χ3n) is 3.36. The Morgan fingerprint density at radius 2 is 1.96 bits per heavy atom. The van der Waals surface area contributed by atoms with Crippen molar-refractivity contribution in [2.75, 3.05) is 0 Å². The van der Waals surface area contributed by atoms with Gasteiger partial charge in [-0.15, -0.1) is 10.2 Å². The van der Waals surface area contributed by atoms with E-state index in [1.54, 1.807) is 12.1 Å². The molecular formula is C16H11Cl2N3O4S. The summed E-state index contributed by atoms with van der Waals surface area (Å²) in [4.78, 5) is 12.0. The molecule has 1 heterocycles. The Morgan fingerprint density at radius 1 is 1.15 bits per heavy atom. The van der Waals surface area contributed by atoms with Crippen LogP contribution in [0.25, 0.3) is 11.5 Å². The van der Waals surface area contributed by atoms with Gasteiger partial charge in [-0.25, -0.2) is 13.1 Å². The number of hydrogen-bond acceptors (Lipinski definition) is 6. The van der Waals surface area contributed by atoms with Crippen LogP contribution in [-0.2, 0) is 21.2 Å². The third kappa shape index (κ3) is 4.21. The lowest BCUT2D eigenvalue weighted by atomic mass is 10.1. The van der Waals surface area contributed by atoms with Gasteiger partial charge in [0.05, 0.1) is 11.3 Å². The van der Waals surface area contributed by atoms with Gasteiger partial charge >= 0.3 is 0 Å². The number of halogens is 2.